The Kier molecular flexibility index (Phi) is 7.68. The van der Waals surface area contributed by atoms with E-state index in [4.69, 9.17) is 14.4 Å². The summed E-state index contributed by atoms with van der Waals surface area (Å²) >= 11 is 1.83. The molecule has 3 heterocycles. The third-order valence-corrected chi connectivity index (χ3v) is 11.9. The van der Waals surface area contributed by atoms with Crippen molar-refractivity contribution >= 4 is 53.4 Å². The summed E-state index contributed by atoms with van der Waals surface area (Å²) in [5.41, 5.74) is 13.1. The first-order valence-corrected chi connectivity index (χ1v) is 19.6. The number of nitrogens with zero attached hydrogens (tertiary/aromatic N) is 2. The fraction of sp³-hybridized carbons (Fsp3) is 0. The molecular formula is C52H32N2OS. The SMILES string of the molecule is c1ccc(-c2cc(-c3ccccc3)cc(-c3nc(-c4ccccc4)cc(-c4ccc(-c5cccc6c5sc5ccccc56)c5oc6ccccc6c45)n3)c2)cc1. The van der Waals surface area contributed by atoms with Crippen LogP contribution in [0.15, 0.2) is 199 Å². The van der Waals surface area contributed by atoms with Crippen molar-refractivity contribution in [2.24, 2.45) is 0 Å². The molecule has 0 radical (unpaired) electrons. The molecule has 262 valence electrons. The second-order valence-corrected chi connectivity index (χ2v) is 15.2. The van der Waals surface area contributed by atoms with Gasteiger partial charge in [-0.2, -0.15) is 0 Å². The largest absolute Gasteiger partial charge is 0.455 e. The predicted octanol–water partition coefficient (Wildman–Crippen LogP) is 14.7. The molecule has 0 spiro atoms. The molecule has 0 aliphatic rings. The predicted molar refractivity (Wildman–Crippen MR) is 235 cm³/mol. The topological polar surface area (TPSA) is 38.9 Å². The van der Waals surface area contributed by atoms with E-state index in [1.165, 1.54) is 25.7 Å². The Labute approximate surface area is 327 Å². The maximum absolute atomic E-state index is 6.84. The van der Waals surface area contributed by atoms with Crippen LogP contribution in [0.3, 0.4) is 0 Å². The Balaban J connectivity index is 1.17. The Hall–Kier alpha value is -7.14. The molecule has 0 amide bonds. The molecule has 8 aromatic carbocycles. The van der Waals surface area contributed by atoms with E-state index in [2.05, 4.69) is 182 Å². The molecule has 0 bridgehead atoms. The maximum Gasteiger partial charge on any atom is 0.160 e. The number of rotatable bonds is 6. The Morgan fingerprint density at radius 1 is 0.375 bits per heavy atom. The van der Waals surface area contributed by atoms with Crippen LogP contribution in [0, 0.1) is 0 Å². The van der Waals surface area contributed by atoms with Crippen LogP contribution in [-0.4, -0.2) is 9.97 Å². The van der Waals surface area contributed by atoms with Gasteiger partial charge in [0.1, 0.15) is 11.2 Å². The van der Waals surface area contributed by atoms with Crippen molar-refractivity contribution in [3.05, 3.63) is 194 Å². The number of para-hydroxylation sites is 1. The minimum absolute atomic E-state index is 0.663. The van der Waals surface area contributed by atoms with Crippen molar-refractivity contribution in [2.45, 2.75) is 0 Å². The highest BCUT2D eigenvalue weighted by Crippen LogP contribution is 2.46. The van der Waals surface area contributed by atoms with Gasteiger partial charge in [-0.15, -0.1) is 11.3 Å². The van der Waals surface area contributed by atoms with Gasteiger partial charge >= 0.3 is 0 Å². The van der Waals surface area contributed by atoms with Gasteiger partial charge < -0.3 is 4.42 Å². The number of hydrogen-bond acceptors (Lipinski definition) is 4. The van der Waals surface area contributed by atoms with E-state index < -0.39 is 0 Å². The van der Waals surface area contributed by atoms with E-state index in [1.807, 2.05) is 23.5 Å². The van der Waals surface area contributed by atoms with Crippen LogP contribution in [0.5, 0.6) is 0 Å². The fourth-order valence-electron chi connectivity index (χ4n) is 8.04. The standard InChI is InChI=1S/C52H32N2OS/c1-4-15-33(16-5-1)36-29-37(34-17-6-2-7-18-34)31-38(30-36)52-53-45(35-19-8-3-9-20-35)32-46(54-52)43-28-27-40(50-49(43)44-22-10-12-25-47(44)55-50)42-24-14-23-41-39-21-11-13-26-48(39)56-51(41)42/h1-32H. The average molecular weight is 733 g/mol. The Bertz CT molecular complexity index is 3180. The third kappa shape index (κ3) is 5.50. The van der Waals surface area contributed by atoms with Crippen molar-refractivity contribution < 1.29 is 4.42 Å². The van der Waals surface area contributed by atoms with Gasteiger partial charge in [-0.3, -0.25) is 0 Å². The molecular weight excluding hydrogens is 701 g/mol. The Morgan fingerprint density at radius 3 is 1.68 bits per heavy atom. The fourth-order valence-corrected chi connectivity index (χ4v) is 9.27. The van der Waals surface area contributed by atoms with Gasteiger partial charge in [0.25, 0.3) is 0 Å². The first-order valence-electron chi connectivity index (χ1n) is 18.8. The van der Waals surface area contributed by atoms with Crippen LogP contribution in [-0.2, 0) is 0 Å². The molecule has 0 saturated heterocycles. The molecule has 0 N–H and O–H groups in total. The summed E-state index contributed by atoms with van der Waals surface area (Å²) in [6, 6.07) is 68.3. The average Bonchev–Trinajstić information content (AvgIpc) is 3.86. The summed E-state index contributed by atoms with van der Waals surface area (Å²) in [6.07, 6.45) is 0. The highest BCUT2D eigenvalue weighted by molar-refractivity contribution is 7.26. The lowest BCUT2D eigenvalue weighted by molar-refractivity contribution is 0.670. The maximum atomic E-state index is 6.84. The molecule has 3 aromatic heterocycles. The lowest BCUT2D eigenvalue weighted by Crippen LogP contribution is -1.97. The molecule has 0 aliphatic carbocycles. The van der Waals surface area contributed by atoms with Crippen LogP contribution in [0.1, 0.15) is 0 Å². The van der Waals surface area contributed by atoms with Gasteiger partial charge in [-0.05, 0) is 64.7 Å². The zero-order chi connectivity index (χ0) is 37.0. The molecule has 4 heteroatoms. The van der Waals surface area contributed by atoms with Crippen molar-refractivity contribution in [1.29, 1.82) is 0 Å². The quantitative estimate of drug-likeness (QED) is 0.171. The molecule has 0 saturated carbocycles. The van der Waals surface area contributed by atoms with Crippen molar-refractivity contribution in [1.82, 2.24) is 9.97 Å². The normalized spacial score (nSPS) is 11.6. The van der Waals surface area contributed by atoms with E-state index in [-0.39, 0.29) is 0 Å². The van der Waals surface area contributed by atoms with Gasteiger partial charge in [0.05, 0.1) is 11.4 Å². The summed E-state index contributed by atoms with van der Waals surface area (Å²) in [6.45, 7) is 0. The second kappa shape index (κ2) is 13.3. The molecule has 3 nitrogen and oxygen atoms in total. The van der Waals surface area contributed by atoms with Crippen molar-refractivity contribution in [3.8, 4) is 67.3 Å². The monoisotopic (exact) mass is 732 g/mol. The van der Waals surface area contributed by atoms with E-state index in [0.717, 1.165) is 77.8 Å². The molecule has 0 unspecified atom stereocenters. The van der Waals surface area contributed by atoms with Gasteiger partial charge in [0.2, 0.25) is 0 Å². The molecule has 0 fully saturated rings. The van der Waals surface area contributed by atoms with Crippen molar-refractivity contribution in [3.63, 3.8) is 0 Å². The molecule has 56 heavy (non-hydrogen) atoms. The van der Waals surface area contributed by atoms with E-state index in [9.17, 15) is 0 Å². The molecule has 0 atom stereocenters. The smallest absolute Gasteiger partial charge is 0.160 e. The van der Waals surface area contributed by atoms with E-state index in [0.29, 0.717) is 5.82 Å². The van der Waals surface area contributed by atoms with Crippen LogP contribution < -0.4 is 0 Å². The van der Waals surface area contributed by atoms with Crippen LogP contribution in [0.4, 0.5) is 0 Å². The highest BCUT2D eigenvalue weighted by Gasteiger charge is 2.22. The number of fused-ring (bicyclic) bond motifs is 6. The van der Waals surface area contributed by atoms with Crippen LogP contribution in [0.25, 0.3) is 109 Å². The van der Waals surface area contributed by atoms with E-state index >= 15 is 0 Å². The number of hydrogen-bond donors (Lipinski definition) is 0. The second-order valence-electron chi connectivity index (χ2n) is 14.1. The van der Waals surface area contributed by atoms with Gasteiger partial charge in [0, 0.05) is 58.8 Å². The van der Waals surface area contributed by atoms with E-state index in [1.54, 1.807) is 0 Å². The lowest BCUT2D eigenvalue weighted by atomic mass is 9.94. The minimum Gasteiger partial charge on any atom is -0.455 e. The number of aromatic nitrogens is 2. The summed E-state index contributed by atoms with van der Waals surface area (Å²) in [5, 5.41) is 4.64. The first-order chi connectivity index (χ1) is 27.7. The summed E-state index contributed by atoms with van der Waals surface area (Å²) < 4.78 is 9.38. The summed E-state index contributed by atoms with van der Waals surface area (Å²) in [5.74, 6) is 0.663. The highest BCUT2D eigenvalue weighted by atomic mass is 32.1. The van der Waals surface area contributed by atoms with Gasteiger partial charge in [-0.25, -0.2) is 9.97 Å². The van der Waals surface area contributed by atoms with Crippen molar-refractivity contribution in [2.75, 3.05) is 0 Å². The number of furan rings is 1. The number of benzene rings is 8. The summed E-state index contributed by atoms with van der Waals surface area (Å²) in [4.78, 5) is 10.7. The van der Waals surface area contributed by atoms with Gasteiger partial charge in [-0.1, -0.05) is 152 Å². The van der Waals surface area contributed by atoms with Crippen LogP contribution in [0.2, 0.25) is 0 Å². The molecule has 0 aliphatic heterocycles. The lowest BCUT2D eigenvalue weighted by Gasteiger charge is -2.14. The van der Waals surface area contributed by atoms with Gasteiger partial charge in [0.15, 0.2) is 5.82 Å². The molecule has 11 aromatic rings. The number of thiophene rings is 1. The zero-order valence-corrected chi connectivity index (χ0v) is 31.0. The third-order valence-electron chi connectivity index (χ3n) is 10.7. The zero-order valence-electron chi connectivity index (χ0n) is 30.2. The summed E-state index contributed by atoms with van der Waals surface area (Å²) in [7, 11) is 0. The molecule has 11 rings (SSSR count). The first kappa shape index (κ1) is 32.3. The Morgan fingerprint density at radius 2 is 0.946 bits per heavy atom. The minimum atomic E-state index is 0.663. The van der Waals surface area contributed by atoms with Crippen LogP contribution >= 0.6 is 11.3 Å².